The quantitative estimate of drug-likeness (QED) is 0.530. The summed E-state index contributed by atoms with van der Waals surface area (Å²) < 4.78 is 4.42. The molecule has 0 fully saturated rings. The summed E-state index contributed by atoms with van der Waals surface area (Å²) >= 11 is 0. The van der Waals surface area contributed by atoms with Crippen LogP contribution in [0.15, 0.2) is 18.2 Å². The predicted octanol–water partition coefficient (Wildman–Crippen LogP) is 0.578. The fraction of sp³-hybridized carbons (Fsp3) is 0.182. The fourth-order valence-corrected chi connectivity index (χ4v) is 1.25. The van der Waals surface area contributed by atoms with Crippen LogP contribution in [0, 0.1) is 0 Å². The first kappa shape index (κ1) is 13.7. The maximum absolute atomic E-state index is 11.5. The van der Waals surface area contributed by atoms with Gasteiger partial charge >= 0.3 is 17.9 Å². The van der Waals surface area contributed by atoms with E-state index in [0.29, 0.717) is 0 Å². The minimum atomic E-state index is -1.42. The van der Waals surface area contributed by atoms with Crippen LogP contribution in [-0.4, -0.2) is 39.5 Å². The zero-order chi connectivity index (χ0) is 13.9. The van der Waals surface area contributed by atoms with Gasteiger partial charge in [0.2, 0.25) is 0 Å². The lowest BCUT2D eigenvalue weighted by molar-refractivity contribution is -0.0524. The molecular weight excluding hydrogens is 244 g/mol. The second kappa shape index (κ2) is 5.28. The van der Waals surface area contributed by atoms with Crippen molar-refractivity contribution in [3.8, 4) is 0 Å². The third kappa shape index (κ3) is 3.05. The van der Waals surface area contributed by atoms with Gasteiger partial charge in [-0.3, -0.25) is 0 Å². The van der Waals surface area contributed by atoms with E-state index < -0.39 is 35.3 Å². The Kier molecular flexibility index (Phi) is 4.01. The van der Waals surface area contributed by atoms with Crippen LogP contribution in [0.1, 0.15) is 38.0 Å². The normalized spacial score (nSPS) is 11.7. The highest BCUT2D eigenvalue weighted by Gasteiger charge is 2.21. The van der Waals surface area contributed by atoms with Gasteiger partial charge in [0.15, 0.2) is 6.29 Å². The topological polar surface area (TPSA) is 121 Å². The molecule has 7 nitrogen and oxygen atoms in total. The first-order valence-electron chi connectivity index (χ1n) is 4.82. The van der Waals surface area contributed by atoms with Gasteiger partial charge in [0.1, 0.15) is 0 Å². The van der Waals surface area contributed by atoms with Crippen LogP contribution in [0.5, 0.6) is 0 Å². The second-order valence-corrected chi connectivity index (χ2v) is 3.38. The second-order valence-electron chi connectivity index (χ2n) is 3.38. The summed E-state index contributed by atoms with van der Waals surface area (Å²) in [5.74, 6) is -3.81. The van der Waals surface area contributed by atoms with Crippen LogP contribution >= 0.6 is 0 Å². The van der Waals surface area contributed by atoms with Crippen molar-refractivity contribution in [1.29, 1.82) is 0 Å². The number of hydrogen-bond donors (Lipinski definition) is 3. The van der Waals surface area contributed by atoms with Crippen LogP contribution in [0.3, 0.4) is 0 Å². The molecule has 0 aliphatic heterocycles. The number of aliphatic hydroxyl groups excluding tert-OH is 1. The molecule has 0 aromatic heterocycles. The van der Waals surface area contributed by atoms with E-state index in [-0.39, 0.29) is 5.56 Å². The zero-order valence-electron chi connectivity index (χ0n) is 9.28. The summed E-state index contributed by atoms with van der Waals surface area (Å²) in [4.78, 5) is 33.1. The number of esters is 1. The molecule has 0 radical (unpaired) electrons. The van der Waals surface area contributed by atoms with E-state index in [9.17, 15) is 14.4 Å². The van der Waals surface area contributed by atoms with Gasteiger partial charge in [-0.2, -0.15) is 0 Å². The molecule has 0 amide bonds. The van der Waals surface area contributed by atoms with Gasteiger partial charge in [0, 0.05) is 0 Å². The van der Waals surface area contributed by atoms with Crippen molar-refractivity contribution in [3.63, 3.8) is 0 Å². The van der Waals surface area contributed by atoms with E-state index in [1.807, 2.05) is 0 Å². The van der Waals surface area contributed by atoms with Crippen molar-refractivity contribution in [3.05, 3.63) is 34.9 Å². The highest BCUT2D eigenvalue weighted by Crippen LogP contribution is 2.14. The number of carboxylic acids is 2. The number of rotatable bonds is 4. The Balaban J connectivity index is 3.27. The number of carboxylic acid groups (broad SMARTS) is 2. The molecule has 0 aliphatic rings. The number of ether oxygens (including phenoxy) is 1. The zero-order valence-corrected chi connectivity index (χ0v) is 9.28. The van der Waals surface area contributed by atoms with E-state index >= 15 is 0 Å². The summed E-state index contributed by atoms with van der Waals surface area (Å²) in [6.45, 7) is 1.17. The molecule has 3 N–H and O–H groups in total. The number of benzene rings is 1. The molecule has 0 bridgehead atoms. The maximum atomic E-state index is 11.5. The number of carbonyl (C=O) groups is 3. The molecule has 0 saturated carbocycles. The van der Waals surface area contributed by atoms with Crippen LogP contribution in [0.4, 0.5) is 0 Å². The first-order chi connectivity index (χ1) is 8.32. The van der Waals surface area contributed by atoms with Crippen LogP contribution < -0.4 is 0 Å². The number of carbonyl (C=O) groups excluding carboxylic acids is 1. The van der Waals surface area contributed by atoms with E-state index in [1.165, 1.54) is 6.92 Å². The van der Waals surface area contributed by atoms with Gasteiger partial charge in [-0.25, -0.2) is 14.4 Å². The molecule has 1 atom stereocenters. The fourth-order valence-electron chi connectivity index (χ4n) is 1.25. The van der Waals surface area contributed by atoms with E-state index in [0.717, 1.165) is 18.2 Å². The van der Waals surface area contributed by atoms with E-state index in [1.54, 1.807) is 0 Å². The van der Waals surface area contributed by atoms with Gasteiger partial charge in [0.05, 0.1) is 16.7 Å². The van der Waals surface area contributed by atoms with Crippen LogP contribution in [0.2, 0.25) is 0 Å². The lowest BCUT2D eigenvalue weighted by Gasteiger charge is -2.09. The Morgan fingerprint density at radius 3 is 2.17 bits per heavy atom. The Morgan fingerprint density at radius 1 is 1.11 bits per heavy atom. The molecule has 18 heavy (non-hydrogen) atoms. The first-order valence-corrected chi connectivity index (χ1v) is 4.82. The minimum absolute atomic E-state index is 0.252. The van der Waals surface area contributed by atoms with Crippen LogP contribution in [-0.2, 0) is 4.74 Å². The highest BCUT2D eigenvalue weighted by atomic mass is 16.6. The number of hydrogen-bond acceptors (Lipinski definition) is 5. The molecule has 1 rings (SSSR count). The SMILES string of the molecule is CC(O)OC(=O)c1cc(C(=O)O)ccc1C(=O)O. The third-order valence-electron chi connectivity index (χ3n) is 1.99. The summed E-state index contributed by atoms with van der Waals surface area (Å²) in [6, 6.07) is 2.94. The van der Waals surface area contributed by atoms with Crippen LogP contribution in [0.25, 0.3) is 0 Å². The molecule has 1 aromatic carbocycles. The van der Waals surface area contributed by atoms with Gasteiger partial charge < -0.3 is 20.1 Å². The predicted molar refractivity (Wildman–Crippen MR) is 57.5 cm³/mol. The van der Waals surface area contributed by atoms with Crippen molar-refractivity contribution in [1.82, 2.24) is 0 Å². The summed E-state index contributed by atoms with van der Waals surface area (Å²) in [6.07, 6.45) is -1.42. The van der Waals surface area contributed by atoms with Gasteiger partial charge in [0.25, 0.3) is 0 Å². The van der Waals surface area contributed by atoms with Gasteiger partial charge in [-0.15, -0.1) is 0 Å². The summed E-state index contributed by atoms with van der Waals surface area (Å²) in [5, 5.41) is 26.5. The molecule has 0 saturated heterocycles. The van der Waals surface area contributed by atoms with Crippen molar-refractivity contribution >= 4 is 17.9 Å². The van der Waals surface area contributed by atoms with Crippen molar-refractivity contribution in [2.45, 2.75) is 13.2 Å². The highest BCUT2D eigenvalue weighted by molar-refractivity contribution is 6.04. The maximum Gasteiger partial charge on any atom is 0.341 e. The largest absolute Gasteiger partial charge is 0.478 e. The molecule has 0 heterocycles. The van der Waals surface area contributed by atoms with Crippen molar-refractivity contribution < 1.29 is 34.4 Å². The number of aromatic carboxylic acids is 2. The molecule has 1 aromatic rings. The number of aliphatic hydroxyl groups is 1. The molecule has 7 heteroatoms. The average Bonchev–Trinajstić information content (AvgIpc) is 2.26. The molecular formula is C11H10O7. The van der Waals surface area contributed by atoms with E-state index in [2.05, 4.69) is 4.74 Å². The summed E-state index contributed by atoms with van der Waals surface area (Å²) in [5.41, 5.74) is -1.08. The molecule has 96 valence electrons. The standard InChI is InChI=1S/C11H10O7/c1-5(12)18-11(17)8-4-6(9(13)14)2-3-7(8)10(15)16/h2-5,12H,1H3,(H,13,14)(H,15,16). The molecule has 1 unspecified atom stereocenters. The minimum Gasteiger partial charge on any atom is -0.478 e. The van der Waals surface area contributed by atoms with Crippen molar-refractivity contribution in [2.75, 3.05) is 0 Å². The summed E-state index contributed by atoms with van der Waals surface area (Å²) in [7, 11) is 0. The van der Waals surface area contributed by atoms with E-state index in [4.69, 9.17) is 15.3 Å². The monoisotopic (exact) mass is 254 g/mol. The molecule has 0 spiro atoms. The van der Waals surface area contributed by atoms with Crippen molar-refractivity contribution in [2.24, 2.45) is 0 Å². The Morgan fingerprint density at radius 2 is 1.72 bits per heavy atom. The third-order valence-corrected chi connectivity index (χ3v) is 1.99. The lowest BCUT2D eigenvalue weighted by atomic mass is 10.0. The Bertz CT molecular complexity index is 504. The Labute approximate surface area is 101 Å². The van der Waals surface area contributed by atoms with Gasteiger partial charge in [-0.1, -0.05) is 0 Å². The smallest absolute Gasteiger partial charge is 0.341 e. The molecule has 0 aliphatic carbocycles. The van der Waals surface area contributed by atoms with Gasteiger partial charge in [-0.05, 0) is 25.1 Å². The Hall–Kier alpha value is -2.41. The average molecular weight is 254 g/mol. The lowest BCUT2D eigenvalue weighted by Crippen LogP contribution is -2.18.